The Hall–Kier alpha value is -0.0800. The van der Waals surface area contributed by atoms with Crippen molar-refractivity contribution in [3.05, 3.63) is 0 Å². The van der Waals surface area contributed by atoms with Crippen LogP contribution in [0, 0.1) is 23.7 Å². The van der Waals surface area contributed by atoms with Gasteiger partial charge in [0, 0.05) is 25.2 Å². The van der Waals surface area contributed by atoms with Crippen LogP contribution in [0.1, 0.15) is 51.4 Å². The standard InChI is InChI=1S/C16H28N2/c17-11-16(8-14-5-6-15(16)7-14)18(9-12-1-2-12)10-13-3-4-13/h12-15H,1-11,17H2. The SMILES string of the molecule is NCC1(N(CC2CC2)CC2CC2)CC2CCC1C2. The first-order valence-corrected chi connectivity index (χ1v) is 8.25. The van der Waals surface area contributed by atoms with E-state index in [0.29, 0.717) is 5.54 Å². The Morgan fingerprint density at radius 3 is 2.00 bits per heavy atom. The third kappa shape index (κ3) is 1.92. The van der Waals surface area contributed by atoms with Gasteiger partial charge in [-0.15, -0.1) is 0 Å². The molecule has 2 heteroatoms. The van der Waals surface area contributed by atoms with E-state index in [1.807, 2.05) is 0 Å². The third-order valence-corrected chi connectivity index (χ3v) is 6.28. The zero-order chi connectivity index (χ0) is 12.2. The van der Waals surface area contributed by atoms with Gasteiger partial charge in [-0.3, -0.25) is 4.90 Å². The Labute approximate surface area is 111 Å². The van der Waals surface area contributed by atoms with E-state index in [-0.39, 0.29) is 0 Å². The summed E-state index contributed by atoms with van der Waals surface area (Å²) in [6.07, 6.45) is 11.8. The van der Waals surface area contributed by atoms with Crippen LogP contribution < -0.4 is 5.73 Å². The first-order chi connectivity index (χ1) is 8.80. The van der Waals surface area contributed by atoms with Gasteiger partial charge in [-0.1, -0.05) is 6.42 Å². The van der Waals surface area contributed by atoms with Crippen LogP contribution in [-0.2, 0) is 0 Å². The maximum atomic E-state index is 6.31. The van der Waals surface area contributed by atoms with Crippen molar-refractivity contribution in [3.63, 3.8) is 0 Å². The maximum Gasteiger partial charge on any atom is 0.0362 e. The number of hydrogen-bond donors (Lipinski definition) is 1. The number of nitrogens with two attached hydrogens (primary N) is 1. The second kappa shape index (κ2) is 4.21. The summed E-state index contributed by atoms with van der Waals surface area (Å²) in [6.45, 7) is 3.67. The normalized spacial score (nSPS) is 43.0. The lowest BCUT2D eigenvalue weighted by Crippen LogP contribution is -2.58. The molecule has 18 heavy (non-hydrogen) atoms. The molecule has 4 rings (SSSR count). The van der Waals surface area contributed by atoms with Crippen LogP contribution in [0.4, 0.5) is 0 Å². The number of nitrogens with zero attached hydrogens (tertiary/aromatic N) is 1. The van der Waals surface area contributed by atoms with E-state index in [1.165, 1.54) is 64.5 Å². The molecule has 0 aromatic carbocycles. The van der Waals surface area contributed by atoms with Gasteiger partial charge >= 0.3 is 0 Å². The molecular formula is C16H28N2. The molecule has 0 saturated heterocycles. The van der Waals surface area contributed by atoms with E-state index in [0.717, 1.165) is 30.2 Å². The molecule has 4 aliphatic rings. The zero-order valence-corrected chi connectivity index (χ0v) is 11.6. The largest absolute Gasteiger partial charge is 0.329 e. The van der Waals surface area contributed by atoms with Gasteiger partial charge in [-0.25, -0.2) is 0 Å². The van der Waals surface area contributed by atoms with Gasteiger partial charge < -0.3 is 5.73 Å². The van der Waals surface area contributed by atoms with E-state index < -0.39 is 0 Å². The van der Waals surface area contributed by atoms with Crippen molar-refractivity contribution in [2.24, 2.45) is 29.4 Å². The minimum atomic E-state index is 0.425. The minimum Gasteiger partial charge on any atom is -0.329 e. The van der Waals surface area contributed by atoms with Crippen LogP contribution in [0.5, 0.6) is 0 Å². The molecule has 0 aromatic rings. The van der Waals surface area contributed by atoms with Crippen LogP contribution in [-0.4, -0.2) is 30.1 Å². The highest BCUT2D eigenvalue weighted by molar-refractivity contribution is 5.09. The molecule has 3 atom stereocenters. The fourth-order valence-corrected chi connectivity index (χ4v) is 4.84. The topological polar surface area (TPSA) is 29.3 Å². The van der Waals surface area contributed by atoms with Crippen LogP contribution >= 0.6 is 0 Å². The summed E-state index contributed by atoms with van der Waals surface area (Å²) >= 11 is 0. The van der Waals surface area contributed by atoms with Crippen molar-refractivity contribution in [2.75, 3.05) is 19.6 Å². The van der Waals surface area contributed by atoms with Gasteiger partial charge in [-0.2, -0.15) is 0 Å². The Kier molecular flexibility index (Phi) is 2.74. The monoisotopic (exact) mass is 248 g/mol. The number of fused-ring (bicyclic) bond motifs is 2. The first kappa shape index (κ1) is 11.7. The molecule has 0 aromatic heterocycles. The van der Waals surface area contributed by atoms with E-state index in [1.54, 1.807) is 0 Å². The Bertz CT molecular complexity index is 307. The molecule has 0 amide bonds. The summed E-state index contributed by atoms with van der Waals surface area (Å²) in [4.78, 5) is 2.90. The van der Waals surface area contributed by atoms with Gasteiger partial charge in [0.15, 0.2) is 0 Å². The molecule has 0 radical (unpaired) electrons. The van der Waals surface area contributed by atoms with Crippen LogP contribution in [0.15, 0.2) is 0 Å². The van der Waals surface area contributed by atoms with Gasteiger partial charge in [-0.05, 0) is 68.6 Å². The molecule has 0 aliphatic heterocycles. The molecule has 102 valence electrons. The minimum absolute atomic E-state index is 0.425. The highest BCUT2D eigenvalue weighted by Gasteiger charge is 2.54. The molecule has 0 heterocycles. The van der Waals surface area contributed by atoms with E-state index in [9.17, 15) is 0 Å². The van der Waals surface area contributed by atoms with E-state index in [2.05, 4.69) is 4.90 Å². The molecule has 2 bridgehead atoms. The van der Waals surface area contributed by atoms with Crippen molar-refractivity contribution >= 4 is 0 Å². The molecule has 3 unspecified atom stereocenters. The number of rotatable bonds is 6. The fraction of sp³-hybridized carbons (Fsp3) is 1.00. The van der Waals surface area contributed by atoms with Crippen molar-refractivity contribution in [1.82, 2.24) is 4.90 Å². The average molecular weight is 248 g/mol. The average Bonchev–Trinajstić information content (AvgIpc) is 3.30. The molecule has 2 N–H and O–H groups in total. The van der Waals surface area contributed by atoms with Crippen LogP contribution in [0.25, 0.3) is 0 Å². The van der Waals surface area contributed by atoms with Crippen molar-refractivity contribution in [3.8, 4) is 0 Å². The Morgan fingerprint density at radius 1 is 0.944 bits per heavy atom. The van der Waals surface area contributed by atoms with Gasteiger partial charge in [0.2, 0.25) is 0 Å². The van der Waals surface area contributed by atoms with E-state index >= 15 is 0 Å². The predicted molar refractivity (Wildman–Crippen MR) is 74.3 cm³/mol. The Morgan fingerprint density at radius 2 is 1.61 bits per heavy atom. The van der Waals surface area contributed by atoms with Crippen molar-refractivity contribution in [1.29, 1.82) is 0 Å². The summed E-state index contributed by atoms with van der Waals surface area (Å²) in [5.74, 6) is 3.99. The van der Waals surface area contributed by atoms with Gasteiger partial charge in [0.05, 0.1) is 0 Å². The molecular weight excluding hydrogens is 220 g/mol. The summed E-state index contributed by atoms with van der Waals surface area (Å²) in [5.41, 5.74) is 6.73. The summed E-state index contributed by atoms with van der Waals surface area (Å²) in [7, 11) is 0. The zero-order valence-electron chi connectivity index (χ0n) is 11.6. The molecule has 2 nitrogen and oxygen atoms in total. The Balaban J connectivity index is 1.54. The maximum absolute atomic E-state index is 6.31. The smallest absolute Gasteiger partial charge is 0.0362 e. The van der Waals surface area contributed by atoms with Crippen LogP contribution in [0.3, 0.4) is 0 Å². The highest BCUT2D eigenvalue weighted by Crippen LogP contribution is 2.54. The fourth-order valence-electron chi connectivity index (χ4n) is 4.84. The quantitative estimate of drug-likeness (QED) is 0.783. The number of hydrogen-bond acceptors (Lipinski definition) is 2. The van der Waals surface area contributed by atoms with Crippen molar-refractivity contribution < 1.29 is 0 Å². The predicted octanol–water partition coefficient (Wildman–Crippen LogP) is 2.63. The second-order valence-electron chi connectivity index (χ2n) is 7.68. The summed E-state index contributed by atoms with van der Waals surface area (Å²) < 4.78 is 0. The van der Waals surface area contributed by atoms with Gasteiger partial charge in [0.1, 0.15) is 0 Å². The summed E-state index contributed by atoms with van der Waals surface area (Å²) in [5, 5.41) is 0. The molecule has 4 saturated carbocycles. The van der Waals surface area contributed by atoms with E-state index in [4.69, 9.17) is 5.73 Å². The summed E-state index contributed by atoms with van der Waals surface area (Å²) in [6, 6.07) is 0. The molecule has 4 fully saturated rings. The van der Waals surface area contributed by atoms with Crippen LogP contribution in [0.2, 0.25) is 0 Å². The molecule has 0 spiro atoms. The molecule has 4 aliphatic carbocycles. The lowest BCUT2D eigenvalue weighted by molar-refractivity contribution is 0.0332. The second-order valence-corrected chi connectivity index (χ2v) is 7.68. The third-order valence-electron chi connectivity index (χ3n) is 6.28. The lowest BCUT2D eigenvalue weighted by atomic mass is 9.79. The first-order valence-electron chi connectivity index (χ1n) is 8.25. The lowest BCUT2D eigenvalue weighted by Gasteiger charge is -2.47. The van der Waals surface area contributed by atoms with Crippen molar-refractivity contribution in [2.45, 2.75) is 56.9 Å². The van der Waals surface area contributed by atoms with Gasteiger partial charge in [0.25, 0.3) is 0 Å². The highest BCUT2D eigenvalue weighted by atomic mass is 15.2.